The average Bonchev–Trinajstić information content (AvgIpc) is 3.09. The number of carboxylic acid groups (broad SMARTS) is 1. The summed E-state index contributed by atoms with van der Waals surface area (Å²) in [7, 11) is 0. The van der Waals surface area contributed by atoms with Gasteiger partial charge in [-0.15, -0.1) is 0 Å². The molecule has 0 aliphatic heterocycles. The van der Waals surface area contributed by atoms with Crippen molar-refractivity contribution in [2.45, 2.75) is 51.5 Å². The SMILES string of the molecule is CCCCCCNC(=O)N(CC(=O)O)C1CC1. The van der Waals surface area contributed by atoms with Crippen molar-refractivity contribution in [1.82, 2.24) is 10.2 Å². The summed E-state index contributed by atoms with van der Waals surface area (Å²) in [5.41, 5.74) is 0. The zero-order valence-corrected chi connectivity index (χ0v) is 10.4. The molecular formula is C12H22N2O3. The zero-order valence-electron chi connectivity index (χ0n) is 10.4. The average molecular weight is 242 g/mol. The van der Waals surface area contributed by atoms with Crippen molar-refractivity contribution in [3.05, 3.63) is 0 Å². The fourth-order valence-corrected chi connectivity index (χ4v) is 1.75. The van der Waals surface area contributed by atoms with Crippen LogP contribution in [-0.2, 0) is 4.79 Å². The normalized spacial score (nSPS) is 14.4. The first-order valence-corrected chi connectivity index (χ1v) is 6.41. The van der Waals surface area contributed by atoms with Gasteiger partial charge in [-0.25, -0.2) is 4.79 Å². The topological polar surface area (TPSA) is 69.6 Å². The number of carbonyl (C=O) groups is 2. The van der Waals surface area contributed by atoms with Crippen LogP contribution in [0.4, 0.5) is 4.79 Å². The van der Waals surface area contributed by atoms with Crippen LogP contribution >= 0.6 is 0 Å². The molecule has 0 radical (unpaired) electrons. The second-order valence-electron chi connectivity index (χ2n) is 4.55. The van der Waals surface area contributed by atoms with E-state index >= 15 is 0 Å². The first-order valence-electron chi connectivity index (χ1n) is 6.41. The summed E-state index contributed by atoms with van der Waals surface area (Å²) >= 11 is 0. The molecule has 2 amide bonds. The number of nitrogens with one attached hydrogen (secondary N) is 1. The van der Waals surface area contributed by atoms with Crippen LogP contribution in [-0.4, -0.2) is 41.1 Å². The molecule has 1 aliphatic carbocycles. The number of aliphatic carboxylic acids is 1. The summed E-state index contributed by atoms with van der Waals surface area (Å²) in [5, 5.41) is 11.5. The molecule has 1 saturated carbocycles. The van der Waals surface area contributed by atoms with Gasteiger partial charge in [0.15, 0.2) is 0 Å². The van der Waals surface area contributed by atoms with Crippen LogP contribution in [0.15, 0.2) is 0 Å². The summed E-state index contributed by atoms with van der Waals surface area (Å²) in [6, 6.07) is -0.0897. The second-order valence-corrected chi connectivity index (χ2v) is 4.55. The van der Waals surface area contributed by atoms with Gasteiger partial charge in [0.2, 0.25) is 0 Å². The minimum absolute atomic E-state index is 0.141. The van der Waals surface area contributed by atoms with Gasteiger partial charge in [0.05, 0.1) is 0 Å². The predicted octanol–water partition coefficient (Wildman–Crippen LogP) is 1.83. The highest BCUT2D eigenvalue weighted by molar-refractivity contribution is 5.80. The molecule has 0 saturated heterocycles. The molecule has 0 heterocycles. The summed E-state index contributed by atoms with van der Waals surface area (Å²) in [5.74, 6) is -0.946. The van der Waals surface area contributed by atoms with Crippen LogP contribution in [0.25, 0.3) is 0 Å². The largest absolute Gasteiger partial charge is 0.480 e. The molecule has 2 N–H and O–H groups in total. The Labute approximate surface area is 102 Å². The first-order chi connectivity index (χ1) is 8.15. The van der Waals surface area contributed by atoms with Crippen LogP contribution in [0.1, 0.15) is 45.4 Å². The van der Waals surface area contributed by atoms with E-state index < -0.39 is 5.97 Å². The maximum atomic E-state index is 11.7. The highest BCUT2D eigenvalue weighted by Crippen LogP contribution is 2.26. The lowest BCUT2D eigenvalue weighted by Gasteiger charge is -2.20. The third kappa shape index (κ3) is 5.56. The maximum absolute atomic E-state index is 11.7. The Kier molecular flexibility index (Phi) is 5.80. The maximum Gasteiger partial charge on any atom is 0.323 e. The number of carboxylic acids is 1. The van der Waals surface area contributed by atoms with E-state index in [-0.39, 0.29) is 18.6 Å². The Morgan fingerprint density at radius 1 is 1.29 bits per heavy atom. The van der Waals surface area contributed by atoms with E-state index in [0.717, 1.165) is 25.7 Å². The highest BCUT2D eigenvalue weighted by atomic mass is 16.4. The van der Waals surface area contributed by atoms with Gasteiger partial charge < -0.3 is 15.3 Å². The lowest BCUT2D eigenvalue weighted by atomic mass is 10.2. The van der Waals surface area contributed by atoms with Crippen LogP contribution < -0.4 is 5.32 Å². The number of hydrogen-bond donors (Lipinski definition) is 2. The van der Waals surface area contributed by atoms with Gasteiger partial charge in [-0.3, -0.25) is 4.79 Å². The number of unbranched alkanes of at least 4 members (excludes halogenated alkanes) is 3. The number of nitrogens with zero attached hydrogens (tertiary/aromatic N) is 1. The van der Waals surface area contributed by atoms with E-state index in [1.54, 1.807) is 0 Å². The van der Waals surface area contributed by atoms with E-state index in [0.29, 0.717) is 6.54 Å². The molecule has 98 valence electrons. The smallest absolute Gasteiger partial charge is 0.323 e. The Bertz CT molecular complexity index is 264. The Morgan fingerprint density at radius 2 is 2.00 bits per heavy atom. The van der Waals surface area contributed by atoms with Crippen LogP contribution in [0.2, 0.25) is 0 Å². The highest BCUT2D eigenvalue weighted by Gasteiger charge is 2.33. The standard InChI is InChI=1S/C12H22N2O3/c1-2-3-4-5-8-13-12(17)14(9-11(15)16)10-6-7-10/h10H,2-9H2,1H3,(H,13,17)(H,15,16). The molecule has 17 heavy (non-hydrogen) atoms. The van der Waals surface area contributed by atoms with Gasteiger partial charge in [-0.1, -0.05) is 26.2 Å². The molecule has 1 rings (SSSR count). The molecule has 0 unspecified atom stereocenters. The summed E-state index contributed by atoms with van der Waals surface area (Å²) in [6.45, 7) is 2.59. The molecule has 0 bridgehead atoms. The van der Waals surface area contributed by atoms with Crippen LogP contribution in [0.5, 0.6) is 0 Å². The van der Waals surface area contributed by atoms with E-state index in [4.69, 9.17) is 5.11 Å². The van der Waals surface area contributed by atoms with Crippen molar-refractivity contribution in [2.75, 3.05) is 13.1 Å². The van der Waals surface area contributed by atoms with E-state index in [2.05, 4.69) is 12.2 Å². The number of hydrogen-bond acceptors (Lipinski definition) is 2. The fraction of sp³-hybridized carbons (Fsp3) is 0.833. The molecule has 1 fully saturated rings. The third-order valence-corrected chi connectivity index (χ3v) is 2.86. The van der Waals surface area contributed by atoms with E-state index in [9.17, 15) is 9.59 Å². The van der Waals surface area contributed by atoms with Crippen molar-refractivity contribution >= 4 is 12.0 Å². The zero-order chi connectivity index (χ0) is 12.7. The molecular weight excluding hydrogens is 220 g/mol. The quantitative estimate of drug-likeness (QED) is 0.638. The van der Waals surface area contributed by atoms with Gasteiger partial charge in [-0.2, -0.15) is 0 Å². The van der Waals surface area contributed by atoms with Gasteiger partial charge in [0.25, 0.3) is 0 Å². The van der Waals surface area contributed by atoms with Gasteiger partial charge >= 0.3 is 12.0 Å². The molecule has 5 nitrogen and oxygen atoms in total. The van der Waals surface area contributed by atoms with E-state index in [1.165, 1.54) is 17.7 Å². The Hall–Kier alpha value is -1.26. The predicted molar refractivity (Wildman–Crippen MR) is 64.9 cm³/mol. The molecule has 1 aliphatic rings. The molecule has 0 atom stereocenters. The second kappa shape index (κ2) is 7.14. The summed E-state index contributed by atoms with van der Waals surface area (Å²) in [6.07, 6.45) is 6.27. The van der Waals surface area contributed by atoms with Gasteiger partial charge in [0.1, 0.15) is 6.54 Å². The molecule has 5 heteroatoms. The van der Waals surface area contributed by atoms with Crippen molar-refractivity contribution in [2.24, 2.45) is 0 Å². The minimum Gasteiger partial charge on any atom is -0.480 e. The van der Waals surface area contributed by atoms with Gasteiger partial charge in [-0.05, 0) is 19.3 Å². The monoisotopic (exact) mass is 242 g/mol. The van der Waals surface area contributed by atoms with Crippen molar-refractivity contribution < 1.29 is 14.7 Å². The summed E-state index contributed by atoms with van der Waals surface area (Å²) in [4.78, 5) is 23.8. The number of rotatable bonds is 8. The number of carbonyl (C=O) groups excluding carboxylic acids is 1. The van der Waals surface area contributed by atoms with Crippen LogP contribution in [0, 0.1) is 0 Å². The number of urea groups is 1. The van der Waals surface area contributed by atoms with Gasteiger partial charge in [0, 0.05) is 12.6 Å². The molecule has 0 aromatic heterocycles. The van der Waals surface area contributed by atoms with Crippen LogP contribution in [0.3, 0.4) is 0 Å². The van der Waals surface area contributed by atoms with E-state index in [1.807, 2.05) is 0 Å². The lowest BCUT2D eigenvalue weighted by Crippen LogP contribution is -2.44. The summed E-state index contributed by atoms with van der Waals surface area (Å²) < 4.78 is 0. The Morgan fingerprint density at radius 3 is 2.53 bits per heavy atom. The molecule has 0 aromatic carbocycles. The molecule has 0 aromatic rings. The third-order valence-electron chi connectivity index (χ3n) is 2.86. The minimum atomic E-state index is -0.946. The number of amides is 2. The Balaban J connectivity index is 2.20. The molecule has 0 spiro atoms. The van der Waals surface area contributed by atoms with Crippen molar-refractivity contribution in [3.63, 3.8) is 0 Å². The van der Waals surface area contributed by atoms with Crippen molar-refractivity contribution in [3.8, 4) is 0 Å². The fourth-order valence-electron chi connectivity index (χ4n) is 1.75. The lowest BCUT2D eigenvalue weighted by molar-refractivity contribution is -0.137. The first kappa shape index (κ1) is 13.8. The van der Waals surface area contributed by atoms with Crippen molar-refractivity contribution in [1.29, 1.82) is 0 Å².